The smallest absolute Gasteiger partial charge is 0.283 e. The number of aryl methyl sites for hydroxylation is 1. The monoisotopic (exact) mass is 332 g/mol. The summed E-state index contributed by atoms with van der Waals surface area (Å²) < 4.78 is 16.8. The molecule has 1 atom stereocenters. The summed E-state index contributed by atoms with van der Waals surface area (Å²) >= 11 is 1.64. The molecule has 4 rings (SSSR count). The Morgan fingerprint density at radius 2 is 2.35 bits per heavy atom. The van der Waals surface area contributed by atoms with Gasteiger partial charge in [-0.2, -0.15) is 0 Å². The van der Waals surface area contributed by atoms with Crippen molar-refractivity contribution in [3.8, 4) is 11.7 Å². The van der Waals surface area contributed by atoms with E-state index >= 15 is 0 Å². The van der Waals surface area contributed by atoms with Crippen LogP contribution in [0.15, 0.2) is 32.6 Å². The maximum Gasteiger partial charge on any atom is 0.283 e. The van der Waals surface area contributed by atoms with Crippen LogP contribution >= 0.6 is 11.3 Å². The lowest BCUT2D eigenvalue weighted by Gasteiger charge is -2.30. The second kappa shape index (κ2) is 6.23. The van der Waals surface area contributed by atoms with Gasteiger partial charge in [0, 0.05) is 24.2 Å². The van der Waals surface area contributed by atoms with Crippen LogP contribution in [0.5, 0.6) is 0 Å². The molecule has 0 bridgehead atoms. The van der Waals surface area contributed by atoms with Crippen LogP contribution in [-0.2, 0) is 11.3 Å². The lowest BCUT2D eigenvalue weighted by molar-refractivity contribution is -0.0352. The van der Waals surface area contributed by atoms with Crippen molar-refractivity contribution < 1.29 is 13.6 Å². The summed E-state index contributed by atoms with van der Waals surface area (Å²) in [6.07, 6.45) is 1.59. The molecule has 0 saturated carbocycles. The van der Waals surface area contributed by atoms with Gasteiger partial charge in [0.25, 0.3) is 5.89 Å². The zero-order valence-electron chi connectivity index (χ0n) is 12.6. The molecule has 8 heteroatoms. The fourth-order valence-electron chi connectivity index (χ4n) is 2.52. The zero-order valence-corrected chi connectivity index (χ0v) is 13.5. The predicted octanol–water partition coefficient (Wildman–Crippen LogP) is 2.67. The van der Waals surface area contributed by atoms with E-state index in [-0.39, 0.29) is 6.10 Å². The van der Waals surface area contributed by atoms with Gasteiger partial charge in [0.1, 0.15) is 11.1 Å². The van der Waals surface area contributed by atoms with Crippen LogP contribution < -0.4 is 0 Å². The van der Waals surface area contributed by atoms with E-state index in [1.54, 1.807) is 29.7 Å². The molecule has 23 heavy (non-hydrogen) atoms. The maximum atomic E-state index is 5.83. The molecule has 1 saturated heterocycles. The van der Waals surface area contributed by atoms with E-state index in [9.17, 15) is 0 Å². The number of nitrogens with zero attached hydrogens (tertiary/aromatic N) is 4. The molecule has 120 valence electrons. The lowest BCUT2D eigenvalue weighted by Crippen LogP contribution is -2.37. The molecule has 1 aliphatic heterocycles. The quantitative estimate of drug-likeness (QED) is 0.727. The summed E-state index contributed by atoms with van der Waals surface area (Å²) in [4.78, 5) is 6.76. The Morgan fingerprint density at radius 1 is 1.39 bits per heavy atom. The van der Waals surface area contributed by atoms with Crippen molar-refractivity contribution in [3.63, 3.8) is 0 Å². The van der Waals surface area contributed by atoms with Crippen LogP contribution in [0.4, 0.5) is 0 Å². The maximum absolute atomic E-state index is 5.83. The topological polar surface area (TPSA) is 77.4 Å². The highest BCUT2D eigenvalue weighted by Gasteiger charge is 2.25. The zero-order chi connectivity index (χ0) is 15.6. The van der Waals surface area contributed by atoms with Gasteiger partial charge < -0.3 is 13.6 Å². The third-order valence-electron chi connectivity index (χ3n) is 3.62. The number of thiazole rings is 1. The molecule has 0 N–H and O–H groups in total. The highest BCUT2D eigenvalue weighted by atomic mass is 32.1. The second-order valence-corrected chi connectivity index (χ2v) is 6.29. The summed E-state index contributed by atoms with van der Waals surface area (Å²) in [6.45, 7) is 4.86. The standard InChI is InChI=1S/C15H16N4O3S/c1-10-9-23-15(16-10)12-7-19(4-6-21-12)8-13-17-18-14(22-13)11-3-2-5-20-11/h2-3,5,9,12H,4,6-8H2,1H3/t12-/m0/s1. The van der Waals surface area contributed by atoms with Crippen molar-refractivity contribution in [2.24, 2.45) is 0 Å². The first-order valence-electron chi connectivity index (χ1n) is 7.40. The van der Waals surface area contributed by atoms with Crippen molar-refractivity contribution in [3.05, 3.63) is 40.4 Å². The van der Waals surface area contributed by atoms with Gasteiger partial charge in [0.15, 0.2) is 5.76 Å². The predicted molar refractivity (Wildman–Crippen MR) is 82.8 cm³/mol. The highest BCUT2D eigenvalue weighted by molar-refractivity contribution is 7.09. The van der Waals surface area contributed by atoms with Gasteiger partial charge in [-0.05, 0) is 19.1 Å². The van der Waals surface area contributed by atoms with Crippen LogP contribution in [0, 0.1) is 6.92 Å². The molecule has 1 fully saturated rings. The Hall–Kier alpha value is -2.03. The molecule has 3 aromatic rings. The minimum absolute atomic E-state index is 0.00918. The molecule has 1 aliphatic rings. The van der Waals surface area contributed by atoms with E-state index in [4.69, 9.17) is 13.6 Å². The molecular formula is C15H16N4O3S. The summed E-state index contributed by atoms with van der Waals surface area (Å²) in [5.74, 6) is 1.57. The van der Waals surface area contributed by atoms with E-state index in [0.29, 0.717) is 30.7 Å². The van der Waals surface area contributed by atoms with E-state index < -0.39 is 0 Å². The van der Waals surface area contributed by atoms with E-state index in [1.807, 2.05) is 12.3 Å². The number of hydrogen-bond donors (Lipinski definition) is 0. The van der Waals surface area contributed by atoms with E-state index in [0.717, 1.165) is 23.8 Å². The summed E-state index contributed by atoms with van der Waals surface area (Å²) in [7, 11) is 0. The fourth-order valence-corrected chi connectivity index (χ4v) is 3.36. The van der Waals surface area contributed by atoms with Gasteiger partial charge in [-0.3, -0.25) is 4.90 Å². The summed E-state index contributed by atoms with van der Waals surface area (Å²) in [5, 5.41) is 11.2. The van der Waals surface area contributed by atoms with Gasteiger partial charge in [-0.15, -0.1) is 21.5 Å². The summed E-state index contributed by atoms with van der Waals surface area (Å²) in [6, 6.07) is 3.59. The largest absolute Gasteiger partial charge is 0.459 e. The fraction of sp³-hybridized carbons (Fsp3) is 0.400. The molecule has 0 aromatic carbocycles. The number of hydrogen-bond acceptors (Lipinski definition) is 8. The molecular weight excluding hydrogens is 316 g/mol. The SMILES string of the molecule is Cc1csc([C@@H]2CN(Cc3nnc(-c4ccco4)o3)CCO2)n1. The highest BCUT2D eigenvalue weighted by Crippen LogP contribution is 2.26. The van der Waals surface area contributed by atoms with Gasteiger partial charge in [0.2, 0.25) is 5.89 Å². The van der Waals surface area contributed by atoms with Crippen LogP contribution in [0.3, 0.4) is 0 Å². The number of rotatable bonds is 4. The Balaban J connectivity index is 1.42. The van der Waals surface area contributed by atoms with E-state index in [1.165, 1.54) is 0 Å². The molecule has 0 spiro atoms. The number of furan rings is 1. The second-order valence-electron chi connectivity index (χ2n) is 5.40. The molecule has 4 heterocycles. The Bertz CT molecular complexity index is 767. The number of morpholine rings is 1. The first kappa shape index (κ1) is 14.6. The van der Waals surface area contributed by atoms with Crippen molar-refractivity contribution >= 4 is 11.3 Å². The normalized spacial score (nSPS) is 19.3. The first-order chi connectivity index (χ1) is 11.3. The summed E-state index contributed by atoms with van der Waals surface area (Å²) in [5.41, 5.74) is 1.03. The van der Waals surface area contributed by atoms with Crippen LogP contribution in [-0.4, -0.2) is 39.8 Å². The van der Waals surface area contributed by atoms with Crippen LogP contribution in [0.25, 0.3) is 11.7 Å². The first-order valence-corrected chi connectivity index (χ1v) is 8.28. The number of aromatic nitrogens is 3. The third kappa shape index (κ3) is 3.19. The number of ether oxygens (including phenoxy) is 1. The van der Waals surface area contributed by atoms with Crippen LogP contribution in [0.1, 0.15) is 22.7 Å². The Labute approximate surface area is 136 Å². The molecule has 0 amide bonds. The minimum atomic E-state index is 0.00918. The third-order valence-corrected chi connectivity index (χ3v) is 4.68. The average Bonchev–Trinajstić information content (AvgIpc) is 3.28. The van der Waals surface area contributed by atoms with Gasteiger partial charge in [-0.25, -0.2) is 4.98 Å². The van der Waals surface area contributed by atoms with E-state index in [2.05, 4.69) is 20.1 Å². The average molecular weight is 332 g/mol. The van der Waals surface area contributed by atoms with Crippen LogP contribution in [0.2, 0.25) is 0 Å². The Kier molecular flexibility index (Phi) is 3.94. The van der Waals surface area contributed by atoms with Gasteiger partial charge in [0.05, 0.1) is 19.4 Å². The van der Waals surface area contributed by atoms with Gasteiger partial charge in [-0.1, -0.05) is 0 Å². The molecule has 7 nitrogen and oxygen atoms in total. The van der Waals surface area contributed by atoms with Crippen molar-refractivity contribution in [1.29, 1.82) is 0 Å². The molecule has 0 radical (unpaired) electrons. The minimum Gasteiger partial charge on any atom is -0.459 e. The van der Waals surface area contributed by atoms with Crippen molar-refractivity contribution in [1.82, 2.24) is 20.1 Å². The molecule has 0 aliphatic carbocycles. The lowest BCUT2D eigenvalue weighted by atomic mass is 10.3. The van der Waals surface area contributed by atoms with Gasteiger partial charge >= 0.3 is 0 Å². The molecule has 0 unspecified atom stereocenters. The van der Waals surface area contributed by atoms with Crippen molar-refractivity contribution in [2.75, 3.05) is 19.7 Å². The van der Waals surface area contributed by atoms with Crippen molar-refractivity contribution in [2.45, 2.75) is 19.6 Å². The molecule has 3 aromatic heterocycles. The Morgan fingerprint density at radius 3 is 3.13 bits per heavy atom.